The Bertz CT molecular complexity index is 704. The molecule has 1 aliphatic heterocycles. The second-order valence-corrected chi connectivity index (χ2v) is 10.5. The maximum Gasteiger partial charge on any atom is 0.178 e. The van der Waals surface area contributed by atoms with Crippen LogP contribution in [-0.4, -0.2) is 44.8 Å². The zero-order valence-electron chi connectivity index (χ0n) is 16.6. The van der Waals surface area contributed by atoms with Gasteiger partial charge in [0.2, 0.25) is 0 Å². The first-order valence-corrected chi connectivity index (χ1v) is 11.2. The molecule has 0 radical (unpaired) electrons. The Hall–Kier alpha value is -1.14. The number of likely N-dealkylation sites (tertiary alicyclic amines) is 1. The van der Waals surface area contributed by atoms with E-state index in [1.807, 2.05) is 0 Å². The van der Waals surface area contributed by atoms with Gasteiger partial charge >= 0.3 is 0 Å². The maximum absolute atomic E-state index is 13.9. The van der Waals surface area contributed by atoms with E-state index in [-0.39, 0.29) is 10.4 Å². The Morgan fingerprint density at radius 2 is 1.88 bits per heavy atom. The molecule has 0 saturated carbocycles. The van der Waals surface area contributed by atoms with E-state index in [2.05, 4.69) is 32.6 Å². The summed E-state index contributed by atoms with van der Waals surface area (Å²) in [6.45, 7) is 11.8. The number of ether oxygens (including phenoxy) is 1. The quantitative estimate of drug-likeness (QED) is 0.738. The molecule has 6 heteroatoms. The molecule has 1 aromatic carbocycles. The van der Waals surface area contributed by atoms with Crippen molar-refractivity contribution in [2.24, 2.45) is 11.8 Å². The molecule has 2 rings (SSSR count). The fourth-order valence-corrected chi connectivity index (χ4v) is 4.34. The molecule has 1 aliphatic rings. The van der Waals surface area contributed by atoms with Gasteiger partial charge in [-0.05, 0) is 77.1 Å². The van der Waals surface area contributed by atoms with Crippen molar-refractivity contribution in [1.82, 2.24) is 4.90 Å². The molecule has 148 valence electrons. The van der Waals surface area contributed by atoms with Crippen molar-refractivity contribution in [3.05, 3.63) is 24.0 Å². The number of hydrogen-bond acceptors (Lipinski definition) is 4. The zero-order chi connectivity index (χ0) is 19.5. The summed E-state index contributed by atoms with van der Waals surface area (Å²) in [5.74, 6) is 0.871. The minimum absolute atomic E-state index is 0.236. The highest BCUT2D eigenvalue weighted by atomic mass is 32.2. The van der Waals surface area contributed by atoms with Gasteiger partial charge in [-0.15, -0.1) is 0 Å². The summed E-state index contributed by atoms with van der Waals surface area (Å²) >= 11 is 0. The van der Waals surface area contributed by atoms with Gasteiger partial charge in [-0.3, -0.25) is 4.90 Å². The molecule has 1 aromatic rings. The molecule has 0 amide bonds. The SMILES string of the molecule is C[C@H](CCOc1ccc(S(C)(=O)=O)c(F)c1)C1CCN(C(C)(C)C)CC1. The summed E-state index contributed by atoms with van der Waals surface area (Å²) in [5, 5.41) is 0. The van der Waals surface area contributed by atoms with Crippen LogP contribution in [0.25, 0.3) is 0 Å². The lowest BCUT2D eigenvalue weighted by atomic mass is 9.82. The number of hydrogen-bond donors (Lipinski definition) is 0. The lowest BCUT2D eigenvalue weighted by Crippen LogP contribution is -2.46. The minimum Gasteiger partial charge on any atom is -0.493 e. The maximum atomic E-state index is 13.9. The standard InChI is InChI=1S/C20H32FNO3S/c1-15(16-8-11-22(12-9-16)20(2,3)4)10-13-25-17-6-7-19(18(21)14-17)26(5,23)24/h6-7,14-16H,8-13H2,1-5H3/t15-/m1/s1. The van der Waals surface area contributed by atoms with E-state index < -0.39 is 15.7 Å². The van der Waals surface area contributed by atoms with Crippen molar-refractivity contribution in [2.45, 2.75) is 57.4 Å². The number of piperidine rings is 1. The first kappa shape index (κ1) is 21.2. The van der Waals surface area contributed by atoms with E-state index in [1.54, 1.807) is 0 Å². The third kappa shape index (κ3) is 5.68. The predicted molar refractivity (Wildman–Crippen MR) is 103 cm³/mol. The Kier molecular flexibility index (Phi) is 6.72. The molecule has 0 spiro atoms. The van der Waals surface area contributed by atoms with Crippen LogP contribution < -0.4 is 4.74 Å². The van der Waals surface area contributed by atoms with Gasteiger partial charge in [0.25, 0.3) is 0 Å². The van der Waals surface area contributed by atoms with E-state index in [0.29, 0.717) is 24.2 Å². The lowest BCUT2D eigenvalue weighted by Gasteiger charge is -2.42. The highest BCUT2D eigenvalue weighted by molar-refractivity contribution is 7.90. The predicted octanol–water partition coefficient (Wildman–Crippen LogP) is 4.14. The van der Waals surface area contributed by atoms with Gasteiger partial charge < -0.3 is 4.74 Å². The molecule has 0 aliphatic carbocycles. The van der Waals surface area contributed by atoms with Crippen LogP contribution in [0.4, 0.5) is 4.39 Å². The highest BCUT2D eigenvalue weighted by Crippen LogP contribution is 2.30. The number of halogens is 1. The molecule has 26 heavy (non-hydrogen) atoms. The van der Waals surface area contributed by atoms with Crippen LogP contribution in [0.15, 0.2) is 23.1 Å². The van der Waals surface area contributed by atoms with E-state index in [4.69, 9.17) is 4.74 Å². The van der Waals surface area contributed by atoms with Gasteiger partial charge in [-0.1, -0.05) is 6.92 Å². The molecule has 0 unspecified atom stereocenters. The van der Waals surface area contributed by atoms with Crippen LogP contribution in [-0.2, 0) is 9.84 Å². The van der Waals surface area contributed by atoms with Crippen molar-refractivity contribution in [2.75, 3.05) is 26.0 Å². The van der Waals surface area contributed by atoms with Crippen molar-refractivity contribution in [3.63, 3.8) is 0 Å². The minimum atomic E-state index is -3.55. The van der Waals surface area contributed by atoms with Crippen LogP contribution in [0.2, 0.25) is 0 Å². The third-order valence-electron chi connectivity index (χ3n) is 5.44. The molecule has 0 N–H and O–H groups in total. The van der Waals surface area contributed by atoms with Gasteiger partial charge in [0.15, 0.2) is 9.84 Å². The smallest absolute Gasteiger partial charge is 0.178 e. The average molecular weight is 386 g/mol. The van der Waals surface area contributed by atoms with Crippen LogP contribution in [0.1, 0.15) is 47.0 Å². The van der Waals surface area contributed by atoms with Gasteiger partial charge in [-0.25, -0.2) is 12.8 Å². The molecule has 0 bridgehead atoms. The van der Waals surface area contributed by atoms with Crippen LogP contribution in [0.3, 0.4) is 0 Å². The topological polar surface area (TPSA) is 46.6 Å². The van der Waals surface area contributed by atoms with E-state index >= 15 is 0 Å². The fourth-order valence-electron chi connectivity index (χ4n) is 3.61. The summed E-state index contributed by atoms with van der Waals surface area (Å²) in [6, 6.07) is 3.94. The van der Waals surface area contributed by atoms with Crippen molar-refractivity contribution in [3.8, 4) is 5.75 Å². The summed E-state index contributed by atoms with van der Waals surface area (Å²) < 4.78 is 42.4. The first-order chi connectivity index (χ1) is 12.0. The van der Waals surface area contributed by atoms with Gasteiger partial charge in [-0.2, -0.15) is 0 Å². The molecule has 1 saturated heterocycles. The van der Waals surface area contributed by atoms with Crippen LogP contribution in [0.5, 0.6) is 5.75 Å². The Balaban J connectivity index is 1.80. The van der Waals surface area contributed by atoms with Gasteiger partial charge in [0.05, 0.1) is 6.61 Å². The Morgan fingerprint density at radius 3 is 2.38 bits per heavy atom. The molecule has 1 atom stereocenters. The summed E-state index contributed by atoms with van der Waals surface area (Å²) in [4.78, 5) is 2.25. The van der Waals surface area contributed by atoms with E-state index in [9.17, 15) is 12.8 Å². The largest absolute Gasteiger partial charge is 0.493 e. The lowest BCUT2D eigenvalue weighted by molar-refractivity contribution is 0.0689. The van der Waals surface area contributed by atoms with E-state index in [1.165, 1.54) is 25.0 Å². The zero-order valence-corrected chi connectivity index (χ0v) is 17.4. The van der Waals surface area contributed by atoms with Gasteiger partial charge in [0, 0.05) is 17.9 Å². The summed E-state index contributed by atoms with van der Waals surface area (Å²) in [5.41, 5.74) is 0.236. The molecule has 1 fully saturated rings. The van der Waals surface area contributed by atoms with Crippen molar-refractivity contribution in [1.29, 1.82) is 0 Å². The van der Waals surface area contributed by atoms with Crippen LogP contribution in [0, 0.1) is 17.7 Å². The third-order valence-corrected chi connectivity index (χ3v) is 6.57. The summed E-state index contributed by atoms with van der Waals surface area (Å²) in [6.07, 6.45) is 4.32. The monoisotopic (exact) mass is 385 g/mol. The Labute approximate surface area is 157 Å². The number of sulfone groups is 1. The normalized spacial score (nSPS) is 18.7. The van der Waals surface area contributed by atoms with Crippen molar-refractivity contribution >= 4 is 9.84 Å². The number of rotatable bonds is 6. The first-order valence-electron chi connectivity index (χ1n) is 9.36. The van der Waals surface area contributed by atoms with Crippen molar-refractivity contribution < 1.29 is 17.5 Å². The second-order valence-electron chi connectivity index (χ2n) is 8.47. The average Bonchev–Trinajstić information content (AvgIpc) is 2.53. The second kappa shape index (κ2) is 8.26. The molecule has 1 heterocycles. The number of nitrogens with zero attached hydrogens (tertiary/aromatic N) is 1. The molecule has 4 nitrogen and oxygen atoms in total. The van der Waals surface area contributed by atoms with Gasteiger partial charge in [0.1, 0.15) is 16.5 Å². The highest BCUT2D eigenvalue weighted by Gasteiger charge is 2.29. The number of benzene rings is 1. The molecular weight excluding hydrogens is 353 g/mol. The molecule has 0 aromatic heterocycles. The fraction of sp³-hybridized carbons (Fsp3) is 0.700. The van der Waals surface area contributed by atoms with Crippen LogP contribution >= 0.6 is 0 Å². The van der Waals surface area contributed by atoms with E-state index in [0.717, 1.165) is 31.8 Å². The molecular formula is C20H32FNO3S. The summed E-state index contributed by atoms with van der Waals surface area (Å²) in [7, 11) is -3.55. The Morgan fingerprint density at radius 1 is 1.27 bits per heavy atom.